The third-order valence-electron chi connectivity index (χ3n) is 5.02. The molecule has 6 nitrogen and oxygen atoms in total. The lowest BCUT2D eigenvalue weighted by Gasteiger charge is -2.06. The molecule has 30 heavy (non-hydrogen) atoms. The molecule has 4 rings (SSSR count). The van der Waals surface area contributed by atoms with E-state index >= 15 is 0 Å². The summed E-state index contributed by atoms with van der Waals surface area (Å²) in [6.45, 7) is 4.89. The molecule has 2 aromatic heterocycles. The minimum absolute atomic E-state index is 0.141. The van der Waals surface area contributed by atoms with Crippen LogP contribution < -0.4 is 14.8 Å². The number of hydrogen-bond acceptors (Lipinski definition) is 5. The van der Waals surface area contributed by atoms with E-state index in [2.05, 4.69) is 38.8 Å². The van der Waals surface area contributed by atoms with Gasteiger partial charge in [-0.1, -0.05) is 40.6 Å². The molecule has 0 fully saturated rings. The Labute approximate surface area is 186 Å². The summed E-state index contributed by atoms with van der Waals surface area (Å²) in [5.74, 6) is 1.45. The Balaban J connectivity index is 1.98. The van der Waals surface area contributed by atoms with Crippen LogP contribution in [0.3, 0.4) is 0 Å². The van der Waals surface area contributed by atoms with Gasteiger partial charge >= 0.3 is 0 Å². The van der Waals surface area contributed by atoms with Crippen molar-refractivity contribution in [3.63, 3.8) is 0 Å². The minimum atomic E-state index is -0.141. The molecule has 0 aliphatic carbocycles. The molecule has 0 N–H and O–H groups in total. The summed E-state index contributed by atoms with van der Waals surface area (Å²) in [6, 6.07) is 10.0. The number of allylic oxidation sites excluding steroid dienone is 1. The van der Waals surface area contributed by atoms with Gasteiger partial charge in [-0.3, -0.25) is 9.36 Å². The zero-order valence-electron chi connectivity index (χ0n) is 16.3. The molecule has 152 valence electrons. The fourth-order valence-electron chi connectivity index (χ4n) is 3.61. The Morgan fingerprint density at radius 2 is 2.20 bits per heavy atom. The second-order valence-electron chi connectivity index (χ2n) is 7.06. The summed E-state index contributed by atoms with van der Waals surface area (Å²) >= 11 is 4.77. The second kappa shape index (κ2) is 8.94. The molecule has 3 aromatic rings. The number of benzene rings is 1. The van der Waals surface area contributed by atoms with Crippen molar-refractivity contribution in [1.29, 1.82) is 5.26 Å². The Morgan fingerprint density at radius 3 is 2.97 bits per heavy atom. The molecule has 0 atom stereocenters. The number of fused-ring (bicyclic) bond motifs is 1. The Morgan fingerprint density at radius 1 is 1.33 bits per heavy atom. The largest absolute Gasteiger partial charge is 0.310 e. The van der Waals surface area contributed by atoms with E-state index < -0.39 is 0 Å². The molecule has 8 heteroatoms. The van der Waals surface area contributed by atoms with Crippen molar-refractivity contribution in [2.45, 2.75) is 38.8 Å². The summed E-state index contributed by atoms with van der Waals surface area (Å²) in [4.78, 5) is 13.1. The van der Waals surface area contributed by atoms with Crippen LogP contribution in [0.25, 0.3) is 11.6 Å². The molecule has 0 saturated heterocycles. The monoisotopic (exact) mass is 481 g/mol. The summed E-state index contributed by atoms with van der Waals surface area (Å²) in [5.41, 5.74) is 1.15. The zero-order chi connectivity index (χ0) is 21.1. The lowest BCUT2D eigenvalue weighted by molar-refractivity contribution is 0.626. The predicted molar refractivity (Wildman–Crippen MR) is 121 cm³/mol. The maximum absolute atomic E-state index is 13.1. The minimum Gasteiger partial charge on any atom is -0.310 e. The average molecular weight is 482 g/mol. The molecule has 1 aromatic carbocycles. The first-order chi connectivity index (χ1) is 14.6. The highest BCUT2D eigenvalue weighted by atomic mass is 79.9. The molecule has 0 bridgehead atoms. The van der Waals surface area contributed by atoms with Crippen LogP contribution in [0.5, 0.6) is 0 Å². The van der Waals surface area contributed by atoms with Crippen molar-refractivity contribution in [3.05, 3.63) is 78.2 Å². The number of halogens is 1. The summed E-state index contributed by atoms with van der Waals surface area (Å²) in [7, 11) is 0. The maximum atomic E-state index is 13.1. The summed E-state index contributed by atoms with van der Waals surface area (Å²) < 4.78 is 5.72. The molecular formula is C22H20BrN5OS. The number of nitriles is 1. The normalized spacial score (nSPS) is 15.3. The molecule has 0 unspecified atom stereocenters. The van der Waals surface area contributed by atoms with Gasteiger partial charge in [0.05, 0.1) is 4.53 Å². The third-order valence-corrected chi connectivity index (χ3v) is 6.65. The molecule has 0 amide bonds. The van der Waals surface area contributed by atoms with E-state index in [0.29, 0.717) is 27.1 Å². The van der Waals surface area contributed by atoms with Gasteiger partial charge in [0.2, 0.25) is 0 Å². The van der Waals surface area contributed by atoms with Gasteiger partial charge < -0.3 is 4.57 Å². The van der Waals surface area contributed by atoms with Crippen molar-refractivity contribution in [2.75, 3.05) is 0 Å². The first kappa shape index (κ1) is 20.5. The Kier molecular flexibility index (Phi) is 6.11. The summed E-state index contributed by atoms with van der Waals surface area (Å²) in [6.07, 6.45) is 7.61. The quantitative estimate of drug-likeness (QED) is 0.536. The molecular weight excluding hydrogens is 462 g/mol. The fourth-order valence-corrected chi connectivity index (χ4v) is 5.14. The van der Waals surface area contributed by atoms with Crippen molar-refractivity contribution in [3.8, 4) is 6.07 Å². The molecule has 1 aliphatic rings. The summed E-state index contributed by atoms with van der Waals surface area (Å²) in [5, 5.41) is 18.7. The lowest BCUT2D eigenvalue weighted by Crippen LogP contribution is -2.32. The van der Waals surface area contributed by atoms with E-state index in [9.17, 15) is 10.1 Å². The van der Waals surface area contributed by atoms with Crippen LogP contribution in [0, 0.1) is 11.3 Å². The van der Waals surface area contributed by atoms with E-state index in [1.165, 1.54) is 11.3 Å². The molecule has 3 heterocycles. The van der Waals surface area contributed by atoms with Crippen LogP contribution in [0.4, 0.5) is 0 Å². The van der Waals surface area contributed by atoms with Gasteiger partial charge in [0.15, 0.2) is 5.82 Å². The van der Waals surface area contributed by atoms with Crippen LogP contribution in [0.2, 0.25) is 0 Å². The average Bonchev–Trinajstić information content (AvgIpc) is 3.15. The molecule has 0 radical (unpaired) electrons. The van der Waals surface area contributed by atoms with Crippen molar-refractivity contribution >= 4 is 38.9 Å². The SMILES string of the molecule is C=CCn1c(=C(C#N)c2nnc3n2CCCCC3)sc(=Cc2cccc(Br)c2)c1=O. The van der Waals surface area contributed by atoms with Gasteiger partial charge in [-0.15, -0.1) is 28.1 Å². The van der Waals surface area contributed by atoms with E-state index in [0.717, 1.165) is 48.1 Å². The van der Waals surface area contributed by atoms with E-state index in [-0.39, 0.29) is 5.56 Å². The molecule has 0 spiro atoms. The van der Waals surface area contributed by atoms with Crippen molar-refractivity contribution in [2.24, 2.45) is 0 Å². The van der Waals surface area contributed by atoms with Gasteiger partial charge in [0.1, 0.15) is 22.1 Å². The fraction of sp³-hybridized carbons (Fsp3) is 0.273. The highest BCUT2D eigenvalue weighted by Gasteiger charge is 2.20. The van der Waals surface area contributed by atoms with Crippen LogP contribution in [0.1, 0.15) is 36.5 Å². The number of thiazole rings is 1. The van der Waals surface area contributed by atoms with Crippen molar-refractivity contribution in [1.82, 2.24) is 19.3 Å². The topological polar surface area (TPSA) is 76.5 Å². The number of hydrogen-bond donors (Lipinski definition) is 0. The van der Waals surface area contributed by atoms with Gasteiger partial charge in [-0.2, -0.15) is 5.26 Å². The number of rotatable bonds is 4. The first-order valence-electron chi connectivity index (χ1n) is 9.77. The Bertz CT molecular complexity index is 1320. The van der Waals surface area contributed by atoms with Crippen LogP contribution in [-0.2, 0) is 19.5 Å². The second-order valence-corrected chi connectivity index (χ2v) is 9.01. The zero-order valence-corrected chi connectivity index (χ0v) is 18.7. The number of nitrogens with zero attached hydrogens (tertiary/aromatic N) is 5. The number of aryl methyl sites for hydroxylation is 1. The highest BCUT2D eigenvalue weighted by Crippen LogP contribution is 2.18. The third kappa shape index (κ3) is 3.95. The van der Waals surface area contributed by atoms with Gasteiger partial charge in [0.25, 0.3) is 5.56 Å². The first-order valence-corrected chi connectivity index (χ1v) is 11.4. The van der Waals surface area contributed by atoms with Gasteiger partial charge in [0, 0.05) is 24.0 Å². The lowest BCUT2D eigenvalue weighted by atomic mass is 10.2. The highest BCUT2D eigenvalue weighted by molar-refractivity contribution is 9.10. The smallest absolute Gasteiger partial charge is 0.269 e. The van der Waals surface area contributed by atoms with Gasteiger partial charge in [-0.05, 0) is 36.6 Å². The molecule has 0 saturated carbocycles. The number of aromatic nitrogens is 4. The van der Waals surface area contributed by atoms with E-state index in [1.54, 1.807) is 10.6 Å². The standard InChI is InChI=1S/C22H20BrN5OS/c1-2-10-28-21(29)18(13-15-7-6-8-16(23)12-15)30-22(28)17(14-24)20-26-25-19-9-4-3-5-11-27(19)20/h2,6-8,12-13H,1,3-5,9-11H2. The van der Waals surface area contributed by atoms with E-state index in [1.807, 2.05) is 34.9 Å². The van der Waals surface area contributed by atoms with Crippen LogP contribution in [0.15, 0.2) is 46.2 Å². The maximum Gasteiger partial charge on any atom is 0.269 e. The van der Waals surface area contributed by atoms with Crippen molar-refractivity contribution < 1.29 is 0 Å². The van der Waals surface area contributed by atoms with Crippen LogP contribution in [-0.4, -0.2) is 19.3 Å². The predicted octanol–water partition coefficient (Wildman–Crippen LogP) is 2.73. The van der Waals surface area contributed by atoms with Gasteiger partial charge in [-0.25, -0.2) is 0 Å². The molecule has 1 aliphatic heterocycles. The Hall–Kier alpha value is -2.76. The van der Waals surface area contributed by atoms with Crippen LogP contribution >= 0.6 is 27.3 Å². The van der Waals surface area contributed by atoms with E-state index in [4.69, 9.17) is 0 Å².